The van der Waals surface area contributed by atoms with E-state index in [-0.39, 0.29) is 11.3 Å². The minimum Gasteiger partial charge on any atom is -0.492 e. The van der Waals surface area contributed by atoms with E-state index in [1.165, 1.54) is 0 Å². The molecule has 194 valence electrons. The van der Waals surface area contributed by atoms with Crippen molar-refractivity contribution in [3.8, 4) is 28.5 Å². The Bertz CT molecular complexity index is 1390. The predicted molar refractivity (Wildman–Crippen MR) is 152 cm³/mol. The lowest BCUT2D eigenvalue weighted by atomic mass is 10.2. The molecule has 2 N–H and O–H groups in total. The van der Waals surface area contributed by atoms with Crippen LogP contribution in [-0.4, -0.2) is 39.4 Å². The number of ether oxygens (including phenoxy) is 1. The average molecular weight is 517 g/mol. The fraction of sp³-hybridized carbons (Fsp3) is 0.357. The van der Waals surface area contributed by atoms with Crippen LogP contribution >= 0.6 is 0 Å². The van der Waals surface area contributed by atoms with Crippen molar-refractivity contribution in [1.29, 1.82) is 0 Å². The molecule has 4 aromatic heterocycles. The van der Waals surface area contributed by atoms with Crippen molar-refractivity contribution in [2.75, 3.05) is 12.3 Å². The summed E-state index contributed by atoms with van der Waals surface area (Å²) in [6, 6.07) is 11.5. The van der Waals surface area contributed by atoms with Gasteiger partial charge < -0.3 is 14.9 Å². The Kier molecular flexibility index (Phi) is 7.47. The first kappa shape index (κ1) is 26.5. The van der Waals surface area contributed by atoms with E-state index in [0.29, 0.717) is 30.3 Å². The molecule has 0 aliphatic carbocycles. The van der Waals surface area contributed by atoms with Crippen molar-refractivity contribution in [1.82, 2.24) is 24.5 Å². The Balaban J connectivity index is 1.92. The Labute approximate surface area is 219 Å². The van der Waals surface area contributed by atoms with Gasteiger partial charge in [-0.3, -0.25) is 9.55 Å². The molecule has 0 fully saturated rings. The highest BCUT2D eigenvalue weighted by Gasteiger charge is 2.40. The van der Waals surface area contributed by atoms with Crippen LogP contribution in [0, 0.1) is 0 Å². The van der Waals surface area contributed by atoms with Crippen molar-refractivity contribution in [3.63, 3.8) is 0 Å². The smallest absolute Gasteiger partial charge is 0.194 e. The molecule has 0 aliphatic rings. The van der Waals surface area contributed by atoms with Crippen molar-refractivity contribution in [3.05, 3.63) is 61.4 Å². The maximum Gasteiger partial charge on any atom is 0.194 e. The molecule has 0 radical (unpaired) electrons. The van der Waals surface area contributed by atoms with Crippen molar-refractivity contribution >= 4 is 25.3 Å². The van der Waals surface area contributed by atoms with Crippen LogP contribution in [0.25, 0.3) is 33.9 Å². The number of hydrogen-bond acceptors (Lipinski definition) is 7. The van der Waals surface area contributed by atoms with E-state index in [1.54, 1.807) is 12.4 Å². The van der Waals surface area contributed by atoms with Gasteiger partial charge in [0.1, 0.15) is 29.1 Å². The van der Waals surface area contributed by atoms with Crippen LogP contribution in [0.2, 0.25) is 18.1 Å². The molecular weight excluding hydrogens is 480 g/mol. The average Bonchev–Trinajstić information content (AvgIpc) is 3.22. The van der Waals surface area contributed by atoms with Crippen molar-refractivity contribution < 1.29 is 9.16 Å². The highest BCUT2D eigenvalue weighted by molar-refractivity contribution is 6.74. The summed E-state index contributed by atoms with van der Waals surface area (Å²) in [4.78, 5) is 18.9. The van der Waals surface area contributed by atoms with Crippen LogP contribution in [0.15, 0.2) is 61.4 Å². The Hall–Kier alpha value is -3.56. The topological polar surface area (TPSA) is 101 Å². The lowest BCUT2D eigenvalue weighted by Crippen LogP contribution is -2.43. The molecule has 4 heterocycles. The normalized spacial score (nSPS) is 13.0. The highest BCUT2D eigenvalue weighted by Crippen LogP contribution is 2.41. The third kappa shape index (κ3) is 5.42. The largest absolute Gasteiger partial charge is 0.492 e. The fourth-order valence-corrected chi connectivity index (χ4v) is 5.07. The van der Waals surface area contributed by atoms with Gasteiger partial charge in [-0.2, -0.15) is 0 Å². The SMILES string of the molecule is C=CCC(O[Si](C)(C)C(C)(C)C)n1c(-c2cccnc2N)nc2ccc(-c3ccc(OCC)cn3)nc21. The number of anilines is 1. The Morgan fingerprint density at radius 1 is 1.08 bits per heavy atom. The van der Waals surface area contributed by atoms with Gasteiger partial charge in [0.05, 0.1) is 29.8 Å². The second-order valence-electron chi connectivity index (χ2n) is 10.5. The second-order valence-corrected chi connectivity index (χ2v) is 15.2. The summed E-state index contributed by atoms with van der Waals surface area (Å²) in [5.74, 6) is 1.79. The number of nitrogens with two attached hydrogens (primary N) is 1. The molecule has 0 aliphatic heterocycles. The maximum atomic E-state index is 6.94. The standard InChI is InChI=1S/C28H36N6O2Si/c1-8-11-24(36-37(6,7)28(3,4)5)34-26(20-12-10-17-30-25(20)29)33-23-16-15-22(32-27(23)34)21-14-13-19(18-31-21)35-9-2/h8,10,12-18,24H,1,9,11H2,2-7H3,(H2,29,30). The minimum atomic E-state index is -2.18. The van der Waals surface area contributed by atoms with E-state index in [2.05, 4.69) is 50.4 Å². The Morgan fingerprint density at radius 3 is 2.46 bits per heavy atom. The molecule has 37 heavy (non-hydrogen) atoms. The van der Waals surface area contributed by atoms with Crippen LogP contribution in [0.5, 0.6) is 5.75 Å². The van der Waals surface area contributed by atoms with Crippen LogP contribution in [-0.2, 0) is 4.43 Å². The summed E-state index contributed by atoms with van der Waals surface area (Å²) >= 11 is 0. The molecule has 0 saturated carbocycles. The molecule has 9 heteroatoms. The third-order valence-electron chi connectivity index (χ3n) is 6.82. The quantitative estimate of drug-likeness (QED) is 0.197. The molecule has 1 atom stereocenters. The summed E-state index contributed by atoms with van der Waals surface area (Å²) in [6.07, 6.45) is 5.47. The van der Waals surface area contributed by atoms with Gasteiger partial charge in [-0.15, -0.1) is 6.58 Å². The van der Waals surface area contributed by atoms with Crippen molar-refractivity contribution in [2.24, 2.45) is 0 Å². The molecule has 0 spiro atoms. The van der Waals surface area contributed by atoms with Gasteiger partial charge >= 0.3 is 0 Å². The molecule has 1 unspecified atom stereocenters. The third-order valence-corrected chi connectivity index (χ3v) is 11.3. The van der Waals surface area contributed by atoms with Gasteiger partial charge in [0.15, 0.2) is 14.0 Å². The lowest BCUT2D eigenvalue weighted by molar-refractivity contribution is 0.122. The van der Waals surface area contributed by atoms with Crippen LogP contribution in [0.1, 0.15) is 40.3 Å². The molecule has 0 aromatic carbocycles. The molecule has 0 saturated heterocycles. The number of nitrogen functional groups attached to an aromatic ring is 1. The van der Waals surface area contributed by atoms with Gasteiger partial charge in [0, 0.05) is 12.6 Å². The van der Waals surface area contributed by atoms with E-state index < -0.39 is 8.32 Å². The number of nitrogens with zero attached hydrogens (tertiary/aromatic N) is 5. The number of fused-ring (bicyclic) bond motifs is 1. The summed E-state index contributed by atoms with van der Waals surface area (Å²) in [7, 11) is -2.18. The zero-order chi connectivity index (χ0) is 26.8. The molecule has 8 nitrogen and oxygen atoms in total. The molecule has 0 bridgehead atoms. The second kappa shape index (κ2) is 10.4. The molecule has 0 amide bonds. The van der Waals surface area contributed by atoms with Crippen LogP contribution < -0.4 is 10.5 Å². The Morgan fingerprint density at radius 2 is 1.84 bits per heavy atom. The molecule has 4 aromatic rings. The summed E-state index contributed by atoms with van der Waals surface area (Å²) < 4.78 is 14.5. The zero-order valence-electron chi connectivity index (χ0n) is 22.5. The minimum absolute atomic E-state index is 0.0150. The van der Waals surface area contributed by atoms with E-state index in [9.17, 15) is 0 Å². The summed E-state index contributed by atoms with van der Waals surface area (Å²) in [5, 5.41) is 0.0150. The van der Waals surface area contributed by atoms with E-state index >= 15 is 0 Å². The van der Waals surface area contributed by atoms with Gasteiger partial charge in [-0.1, -0.05) is 26.8 Å². The van der Waals surface area contributed by atoms with Gasteiger partial charge in [-0.25, -0.2) is 15.0 Å². The highest BCUT2D eigenvalue weighted by atomic mass is 28.4. The van der Waals surface area contributed by atoms with Gasteiger partial charge in [-0.05, 0) is 61.5 Å². The van der Waals surface area contributed by atoms with E-state index in [1.807, 2.05) is 54.0 Å². The summed E-state index contributed by atoms with van der Waals surface area (Å²) in [5.41, 5.74) is 9.94. The first-order chi connectivity index (χ1) is 17.6. The maximum absolute atomic E-state index is 6.94. The number of aromatic nitrogens is 5. The zero-order valence-corrected chi connectivity index (χ0v) is 23.5. The van der Waals surface area contributed by atoms with Gasteiger partial charge in [0.25, 0.3) is 0 Å². The molecule has 4 rings (SSSR count). The fourth-order valence-electron chi connectivity index (χ4n) is 3.84. The molecular formula is C28H36N6O2Si. The first-order valence-corrected chi connectivity index (χ1v) is 15.4. The monoisotopic (exact) mass is 516 g/mol. The van der Waals surface area contributed by atoms with Crippen molar-refractivity contribution in [2.45, 2.75) is 58.5 Å². The van der Waals surface area contributed by atoms with Gasteiger partial charge in [0.2, 0.25) is 0 Å². The lowest BCUT2D eigenvalue weighted by Gasteiger charge is -2.39. The number of imidazole rings is 1. The number of pyridine rings is 3. The van der Waals surface area contributed by atoms with E-state index in [0.717, 1.165) is 28.2 Å². The number of hydrogen-bond donors (Lipinski definition) is 1. The first-order valence-electron chi connectivity index (χ1n) is 12.5. The number of rotatable bonds is 9. The predicted octanol–water partition coefficient (Wildman–Crippen LogP) is 6.63. The van der Waals surface area contributed by atoms with Crippen LogP contribution in [0.3, 0.4) is 0 Å². The van der Waals surface area contributed by atoms with E-state index in [4.69, 9.17) is 24.9 Å². The van der Waals surface area contributed by atoms with Crippen LogP contribution in [0.4, 0.5) is 5.82 Å². The summed E-state index contributed by atoms with van der Waals surface area (Å²) in [6.45, 7) is 17.7.